The van der Waals surface area contributed by atoms with Crippen LogP contribution in [-0.2, 0) is 0 Å². The lowest BCUT2D eigenvalue weighted by atomic mass is 10.0. The minimum atomic E-state index is -0.170. The minimum Gasteiger partial charge on any atom is -0.496 e. The first-order valence-corrected chi connectivity index (χ1v) is 5.30. The van der Waals surface area contributed by atoms with E-state index in [1.54, 1.807) is 7.11 Å². The first kappa shape index (κ1) is 10.4. The summed E-state index contributed by atoms with van der Waals surface area (Å²) in [7, 11) is 1.56. The van der Waals surface area contributed by atoms with Gasteiger partial charge in [0.05, 0.1) is 7.11 Å². The van der Waals surface area contributed by atoms with Gasteiger partial charge in [-0.05, 0) is 37.9 Å². The minimum absolute atomic E-state index is 0.170. The fourth-order valence-electron chi connectivity index (χ4n) is 2.12. The lowest BCUT2D eigenvalue weighted by Gasteiger charge is -2.14. The molecule has 0 saturated carbocycles. The van der Waals surface area contributed by atoms with Crippen molar-refractivity contribution in [2.45, 2.75) is 25.8 Å². The molecule has 82 valence electrons. The average molecular weight is 209 g/mol. The van der Waals surface area contributed by atoms with Crippen LogP contribution in [0.15, 0.2) is 12.1 Å². The first-order chi connectivity index (χ1) is 7.22. The molecule has 0 radical (unpaired) electrons. The second-order valence-corrected chi connectivity index (χ2v) is 3.99. The van der Waals surface area contributed by atoms with E-state index in [4.69, 9.17) is 4.74 Å². The summed E-state index contributed by atoms with van der Waals surface area (Å²) in [5.41, 5.74) is 1.76. The summed E-state index contributed by atoms with van der Waals surface area (Å²) in [6.45, 7) is 2.92. The lowest BCUT2D eigenvalue weighted by Crippen LogP contribution is -2.14. The van der Waals surface area contributed by atoms with Crippen molar-refractivity contribution in [1.82, 2.24) is 5.32 Å². The number of halogens is 1. The van der Waals surface area contributed by atoms with Crippen molar-refractivity contribution in [2.75, 3.05) is 13.7 Å². The fourth-order valence-corrected chi connectivity index (χ4v) is 2.12. The molecule has 1 saturated heterocycles. The van der Waals surface area contributed by atoms with Gasteiger partial charge >= 0.3 is 0 Å². The van der Waals surface area contributed by atoms with Crippen molar-refractivity contribution < 1.29 is 9.13 Å². The van der Waals surface area contributed by atoms with Gasteiger partial charge in [-0.1, -0.05) is 0 Å². The Balaban J connectivity index is 2.35. The monoisotopic (exact) mass is 209 g/mol. The van der Waals surface area contributed by atoms with E-state index in [2.05, 4.69) is 5.32 Å². The molecule has 1 unspecified atom stereocenters. The highest BCUT2D eigenvalue weighted by atomic mass is 19.1. The molecule has 0 aliphatic carbocycles. The third-order valence-corrected chi connectivity index (χ3v) is 2.95. The molecule has 1 N–H and O–H groups in total. The standard InChI is InChI=1S/C12H16FNO/c1-8-6-9(11-4-3-5-14-11)10(13)7-12(8)15-2/h6-7,11,14H,3-5H2,1-2H3. The number of hydrogen-bond donors (Lipinski definition) is 1. The topological polar surface area (TPSA) is 21.3 Å². The van der Waals surface area contributed by atoms with Crippen LogP contribution in [0.5, 0.6) is 5.75 Å². The van der Waals surface area contributed by atoms with Crippen molar-refractivity contribution in [3.8, 4) is 5.75 Å². The summed E-state index contributed by atoms with van der Waals surface area (Å²) in [6.07, 6.45) is 2.14. The number of benzene rings is 1. The Morgan fingerprint density at radius 3 is 2.87 bits per heavy atom. The molecule has 1 aliphatic rings. The van der Waals surface area contributed by atoms with Gasteiger partial charge in [0.2, 0.25) is 0 Å². The molecule has 1 heterocycles. The predicted octanol–water partition coefficient (Wildman–Crippen LogP) is 2.57. The molecule has 2 nitrogen and oxygen atoms in total. The molecule has 1 aromatic rings. The Morgan fingerprint density at radius 2 is 2.27 bits per heavy atom. The molecule has 1 atom stereocenters. The van der Waals surface area contributed by atoms with Crippen LogP contribution < -0.4 is 10.1 Å². The zero-order valence-electron chi connectivity index (χ0n) is 9.14. The molecule has 0 spiro atoms. The maximum absolute atomic E-state index is 13.7. The zero-order valence-corrected chi connectivity index (χ0v) is 9.14. The summed E-state index contributed by atoms with van der Waals surface area (Å²) >= 11 is 0. The van der Waals surface area contributed by atoms with Crippen molar-refractivity contribution in [3.63, 3.8) is 0 Å². The summed E-state index contributed by atoms with van der Waals surface area (Å²) in [5.74, 6) is 0.450. The van der Waals surface area contributed by atoms with Gasteiger partial charge in [-0.3, -0.25) is 0 Å². The highest BCUT2D eigenvalue weighted by Crippen LogP contribution is 2.30. The number of hydrogen-bond acceptors (Lipinski definition) is 2. The fraction of sp³-hybridized carbons (Fsp3) is 0.500. The maximum Gasteiger partial charge on any atom is 0.131 e. The van der Waals surface area contributed by atoms with E-state index in [0.717, 1.165) is 30.5 Å². The second kappa shape index (κ2) is 4.19. The smallest absolute Gasteiger partial charge is 0.131 e. The van der Waals surface area contributed by atoms with Crippen LogP contribution in [0.25, 0.3) is 0 Å². The van der Waals surface area contributed by atoms with Gasteiger partial charge < -0.3 is 10.1 Å². The Labute approximate surface area is 89.4 Å². The molecule has 3 heteroatoms. The summed E-state index contributed by atoms with van der Waals surface area (Å²) in [6, 6.07) is 3.54. The van der Waals surface area contributed by atoms with E-state index in [-0.39, 0.29) is 11.9 Å². The first-order valence-electron chi connectivity index (χ1n) is 5.30. The molecular formula is C12H16FNO. The summed E-state index contributed by atoms with van der Waals surface area (Å²) < 4.78 is 18.8. The van der Waals surface area contributed by atoms with Crippen LogP contribution in [0.4, 0.5) is 4.39 Å². The number of aryl methyl sites for hydroxylation is 1. The Kier molecular flexibility index (Phi) is 2.91. The Morgan fingerprint density at radius 1 is 1.47 bits per heavy atom. The molecule has 0 bridgehead atoms. The molecular weight excluding hydrogens is 193 g/mol. The van der Waals surface area contributed by atoms with Gasteiger partial charge in [0.15, 0.2) is 0 Å². The second-order valence-electron chi connectivity index (χ2n) is 3.99. The van der Waals surface area contributed by atoms with Crippen LogP contribution in [0.2, 0.25) is 0 Å². The third kappa shape index (κ3) is 1.97. The van der Waals surface area contributed by atoms with Crippen molar-refractivity contribution in [1.29, 1.82) is 0 Å². The molecule has 0 amide bonds. The van der Waals surface area contributed by atoms with Gasteiger partial charge in [-0.2, -0.15) is 0 Å². The normalized spacial score (nSPS) is 20.6. The van der Waals surface area contributed by atoms with E-state index in [0.29, 0.717) is 5.75 Å². The van der Waals surface area contributed by atoms with Gasteiger partial charge in [-0.15, -0.1) is 0 Å². The van der Waals surface area contributed by atoms with Crippen molar-refractivity contribution in [3.05, 3.63) is 29.1 Å². The van der Waals surface area contributed by atoms with Gasteiger partial charge in [0, 0.05) is 17.7 Å². The van der Waals surface area contributed by atoms with Crippen molar-refractivity contribution in [2.24, 2.45) is 0 Å². The van der Waals surface area contributed by atoms with E-state index in [9.17, 15) is 4.39 Å². The van der Waals surface area contributed by atoms with E-state index < -0.39 is 0 Å². The van der Waals surface area contributed by atoms with Gasteiger partial charge in [-0.25, -0.2) is 4.39 Å². The maximum atomic E-state index is 13.7. The van der Waals surface area contributed by atoms with E-state index in [1.165, 1.54) is 6.07 Å². The predicted molar refractivity (Wildman–Crippen MR) is 57.7 cm³/mol. The lowest BCUT2D eigenvalue weighted by molar-refractivity contribution is 0.406. The Hall–Kier alpha value is -1.09. The highest BCUT2D eigenvalue weighted by Gasteiger charge is 2.20. The molecule has 1 aromatic carbocycles. The molecule has 2 rings (SSSR count). The van der Waals surface area contributed by atoms with Crippen LogP contribution in [0, 0.1) is 12.7 Å². The summed E-state index contributed by atoms with van der Waals surface area (Å²) in [5, 5.41) is 3.30. The number of nitrogens with one attached hydrogen (secondary N) is 1. The number of ether oxygens (including phenoxy) is 1. The molecule has 1 aliphatic heterocycles. The zero-order chi connectivity index (χ0) is 10.8. The average Bonchev–Trinajstić information content (AvgIpc) is 2.74. The highest BCUT2D eigenvalue weighted by molar-refractivity contribution is 5.38. The molecule has 1 fully saturated rings. The van der Waals surface area contributed by atoms with Crippen molar-refractivity contribution >= 4 is 0 Å². The SMILES string of the molecule is COc1cc(F)c(C2CCCN2)cc1C. The van der Waals surface area contributed by atoms with Crippen LogP contribution in [-0.4, -0.2) is 13.7 Å². The third-order valence-electron chi connectivity index (χ3n) is 2.95. The van der Waals surface area contributed by atoms with E-state index in [1.807, 2.05) is 13.0 Å². The van der Waals surface area contributed by atoms with Gasteiger partial charge in [0.25, 0.3) is 0 Å². The molecule has 15 heavy (non-hydrogen) atoms. The summed E-state index contributed by atoms with van der Waals surface area (Å²) in [4.78, 5) is 0. The van der Waals surface area contributed by atoms with E-state index >= 15 is 0 Å². The largest absolute Gasteiger partial charge is 0.496 e. The van der Waals surface area contributed by atoms with Gasteiger partial charge in [0.1, 0.15) is 11.6 Å². The molecule has 0 aromatic heterocycles. The van der Waals surface area contributed by atoms with Crippen LogP contribution >= 0.6 is 0 Å². The quantitative estimate of drug-likeness (QED) is 0.808. The number of rotatable bonds is 2. The van der Waals surface area contributed by atoms with Crippen LogP contribution in [0.3, 0.4) is 0 Å². The van der Waals surface area contributed by atoms with Crippen LogP contribution in [0.1, 0.15) is 30.0 Å². The Bertz CT molecular complexity index is 359. The number of methoxy groups -OCH3 is 1.